The summed E-state index contributed by atoms with van der Waals surface area (Å²) in [5.74, 6) is 0.648. The van der Waals surface area contributed by atoms with E-state index in [-0.39, 0.29) is 6.03 Å². The van der Waals surface area contributed by atoms with Crippen LogP contribution in [0.5, 0.6) is 0 Å². The summed E-state index contributed by atoms with van der Waals surface area (Å²) >= 11 is 0. The van der Waals surface area contributed by atoms with Crippen molar-refractivity contribution in [3.05, 3.63) is 65.5 Å². The second kappa shape index (κ2) is 7.95. The predicted octanol–water partition coefficient (Wildman–Crippen LogP) is 3.55. The van der Waals surface area contributed by atoms with E-state index >= 15 is 0 Å². The van der Waals surface area contributed by atoms with Crippen molar-refractivity contribution >= 4 is 6.03 Å². The minimum atomic E-state index is 0.0538. The third kappa shape index (κ3) is 4.34. The van der Waals surface area contributed by atoms with Crippen molar-refractivity contribution in [1.82, 2.24) is 15.2 Å². The van der Waals surface area contributed by atoms with E-state index < -0.39 is 0 Å². The normalized spacial score (nSPS) is 15.3. The molecule has 0 spiro atoms. The Hall–Kier alpha value is -2.36. The number of aryl methyl sites for hydroxylation is 1. The number of aromatic nitrogens is 1. The molecule has 1 aromatic carbocycles. The van der Waals surface area contributed by atoms with E-state index in [2.05, 4.69) is 35.4 Å². The number of benzene rings is 1. The molecular formula is C20H25N3O. The van der Waals surface area contributed by atoms with Gasteiger partial charge in [0, 0.05) is 32.0 Å². The van der Waals surface area contributed by atoms with Gasteiger partial charge < -0.3 is 10.2 Å². The first kappa shape index (κ1) is 16.5. The van der Waals surface area contributed by atoms with Crippen molar-refractivity contribution < 1.29 is 4.79 Å². The van der Waals surface area contributed by atoms with E-state index in [0.29, 0.717) is 12.5 Å². The molecule has 1 saturated heterocycles. The van der Waals surface area contributed by atoms with Gasteiger partial charge >= 0.3 is 6.03 Å². The highest BCUT2D eigenvalue weighted by Crippen LogP contribution is 2.21. The standard InChI is InChI=1S/C20H25N3O/c1-16-5-2-3-7-19(16)15-22-20(24)23-11-8-17(9-12-23)13-18-6-4-10-21-14-18/h2-7,10,14,17H,8-9,11-13,15H2,1H3,(H,22,24). The van der Waals surface area contributed by atoms with Crippen LogP contribution in [0.3, 0.4) is 0 Å². The quantitative estimate of drug-likeness (QED) is 0.935. The Bertz CT molecular complexity index is 664. The fraction of sp³-hybridized carbons (Fsp3) is 0.400. The molecule has 0 radical (unpaired) electrons. The minimum Gasteiger partial charge on any atom is -0.334 e. The number of likely N-dealkylation sites (tertiary alicyclic amines) is 1. The molecule has 4 heteroatoms. The fourth-order valence-electron chi connectivity index (χ4n) is 3.28. The van der Waals surface area contributed by atoms with Crippen LogP contribution in [0.15, 0.2) is 48.8 Å². The molecule has 2 amide bonds. The Labute approximate surface area is 143 Å². The van der Waals surface area contributed by atoms with Crippen LogP contribution >= 0.6 is 0 Å². The monoisotopic (exact) mass is 323 g/mol. The second-order valence-corrected chi connectivity index (χ2v) is 6.58. The number of hydrogen-bond acceptors (Lipinski definition) is 2. The Morgan fingerprint density at radius 3 is 2.71 bits per heavy atom. The van der Waals surface area contributed by atoms with Crippen LogP contribution in [0.25, 0.3) is 0 Å². The van der Waals surface area contributed by atoms with Crippen LogP contribution < -0.4 is 5.32 Å². The smallest absolute Gasteiger partial charge is 0.317 e. The summed E-state index contributed by atoms with van der Waals surface area (Å²) in [4.78, 5) is 18.5. The highest BCUT2D eigenvalue weighted by atomic mass is 16.2. The van der Waals surface area contributed by atoms with Crippen molar-refractivity contribution in [3.8, 4) is 0 Å². The molecule has 0 unspecified atom stereocenters. The molecule has 4 nitrogen and oxygen atoms in total. The number of nitrogens with zero attached hydrogens (tertiary/aromatic N) is 2. The molecule has 126 valence electrons. The zero-order valence-corrected chi connectivity index (χ0v) is 14.2. The number of nitrogens with one attached hydrogen (secondary N) is 1. The number of pyridine rings is 1. The maximum absolute atomic E-state index is 12.4. The SMILES string of the molecule is Cc1ccccc1CNC(=O)N1CCC(Cc2cccnc2)CC1. The fourth-order valence-corrected chi connectivity index (χ4v) is 3.28. The summed E-state index contributed by atoms with van der Waals surface area (Å²) in [6, 6.07) is 12.4. The topological polar surface area (TPSA) is 45.2 Å². The van der Waals surface area contributed by atoms with Gasteiger partial charge in [0.15, 0.2) is 0 Å². The van der Waals surface area contributed by atoms with E-state index in [1.807, 2.05) is 35.5 Å². The lowest BCUT2D eigenvalue weighted by Gasteiger charge is -2.32. The highest BCUT2D eigenvalue weighted by molar-refractivity contribution is 5.74. The maximum Gasteiger partial charge on any atom is 0.317 e. The van der Waals surface area contributed by atoms with Gasteiger partial charge in [0.25, 0.3) is 0 Å². The predicted molar refractivity (Wildman–Crippen MR) is 95.7 cm³/mol. The summed E-state index contributed by atoms with van der Waals surface area (Å²) in [7, 11) is 0. The lowest BCUT2D eigenvalue weighted by molar-refractivity contribution is 0.170. The molecule has 1 fully saturated rings. The molecule has 2 aromatic rings. The van der Waals surface area contributed by atoms with Crippen LogP contribution in [-0.2, 0) is 13.0 Å². The van der Waals surface area contributed by atoms with Gasteiger partial charge in [-0.15, -0.1) is 0 Å². The molecule has 1 aromatic heterocycles. The summed E-state index contributed by atoms with van der Waals surface area (Å²) in [5, 5.41) is 3.05. The zero-order chi connectivity index (χ0) is 16.8. The Morgan fingerprint density at radius 1 is 1.21 bits per heavy atom. The minimum absolute atomic E-state index is 0.0538. The van der Waals surface area contributed by atoms with Gasteiger partial charge in [0.05, 0.1) is 0 Å². The summed E-state index contributed by atoms with van der Waals surface area (Å²) in [6.07, 6.45) is 6.94. The molecule has 3 rings (SSSR count). The number of urea groups is 1. The van der Waals surface area contributed by atoms with Gasteiger partial charge in [0.1, 0.15) is 0 Å². The van der Waals surface area contributed by atoms with E-state index in [9.17, 15) is 4.79 Å². The number of hydrogen-bond donors (Lipinski definition) is 1. The molecule has 0 aliphatic carbocycles. The van der Waals surface area contributed by atoms with Crippen molar-refractivity contribution in [3.63, 3.8) is 0 Å². The van der Waals surface area contributed by atoms with Crippen LogP contribution in [0.4, 0.5) is 4.79 Å². The van der Waals surface area contributed by atoms with Gasteiger partial charge in [-0.3, -0.25) is 4.98 Å². The number of carbonyl (C=O) groups is 1. The first-order chi connectivity index (χ1) is 11.7. The molecule has 24 heavy (non-hydrogen) atoms. The molecule has 2 heterocycles. The van der Waals surface area contributed by atoms with E-state index in [0.717, 1.165) is 32.4 Å². The molecule has 0 saturated carbocycles. The first-order valence-corrected chi connectivity index (χ1v) is 8.68. The van der Waals surface area contributed by atoms with E-state index in [1.165, 1.54) is 16.7 Å². The zero-order valence-electron chi connectivity index (χ0n) is 14.2. The second-order valence-electron chi connectivity index (χ2n) is 6.58. The number of amides is 2. The Balaban J connectivity index is 1.44. The van der Waals surface area contributed by atoms with Gasteiger partial charge in [-0.2, -0.15) is 0 Å². The van der Waals surface area contributed by atoms with Gasteiger partial charge in [-0.25, -0.2) is 4.79 Å². The number of piperidine rings is 1. The Kier molecular flexibility index (Phi) is 5.47. The van der Waals surface area contributed by atoms with E-state index in [4.69, 9.17) is 0 Å². The highest BCUT2D eigenvalue weighted by Gasteiger charge is 2.22. The summed E-state index contributed by atoms with van der Waals surface area (Å²) < 4.78 is 0. The largest absolute Gasteiger partial charge is 0.334 e. The average molecular weight is 323 g/mol. The van der Waals surface area contributed by atoms with Crippen LogP contribution in [0, 0.1) is 12.8 Å². The molecule has 1 aliphatic heterocycles. The van der Waals surface area contributed by atoms with Crippen molar-refractivity contribution in [1.29, 1.82) is 0 Å². The molecule has 0 bridgehead atoms. The summed E-state index contributed by atoms with van der Waals surface area (Å²) in [5.41, 5.74) is 3.69. The number of rotatable bonds is 4. The average Bonchev–Trinajstić information content (AvgIpc) is 2.62. The van der Waals surface area contributed by atoms with Crippen molar-refractivity contribution in [2.75, 3.05) is 13.1 Å². The first-order valence-electron chi connectivity index (χ1n) is 8.68. The number of carbonyl (C=O) groups excluding carboxylic acids is 1. The molecule has 1 N–H and O–H groups in total. The van der Waals surface area contributed by atoms with Crippen LogP contribution in [-0.4, -0.2) is 29.0 Å². The van der Waals surface area contributed by atoms with Gasteiger partial charge in [-0.1, -0.05) is 30.3 Å². The van der Waals surface area contributed by atoms with Crippen molar-refractivity contribution in [2.24, 2.45) is 5.92 Å². The molecule has 0 atom stereocenters. The van der Waals surface area contributed by atoms with Gasteiger partial charge in [0.2, 0.25) is 0 Å². The maximum atomic E-state index is 12.4. The lowest BCUT2D eigenvalue weighted by atomic mass is 9.91. The molecule has 1 aliphatic rings. The third-order valence-electron chi connectivity index (χ3n) is 4.84. The van der Waals surface area contributed by atoms with Crippen LogP contribution in [0.1, 0.15) is 29.5 Å². The summed E-state index contributed by atoms with van der Waals surface area (Å²) in [6.45, 7) is 4.35. The van der Waals surface area contributed by atoms with E-state index in [1.54, 1.807) is 0 Å². The molecular weight excluding hydrogens is 298 g/mol. The Morgan fingerprint density at radius 2 is 2.00 bits per heavy atom. The van der Waals surface area contributed by atoms with Crippen molar-refractivity contribution in [2.45, 2.75) is 32.7 Å². The van der Waals surface area contributed by atoms with Crippen LogP contribution in [0.2, 0.25) is 0 Å². The third-order valence-corrected chi connectivity index (χ3v) is 4.84. The van der Waals surface area contributed by atoms with Gasteiger partial charge in [-0.05, 0) is 54.9 Å². The lowest BCUT2D eigenvalue weighted by Crippen LogP contribution is -2.44.